The summed E-state index contributed by atoms with van der Waals surface area (Å²) in [7, 11) is 0. The highest BCUT2D eigenvalue weighted by Crippen LogP contribution is 2.22. The third kappa shape index (κ3) is 4.18. The van der Waals surface area contributed by atoms with Crippen LogP contribution < -0.4 is 10.6 Å². The van der Waals surface area contributed by atoms with E-state index >= 15 is 0 Å². The molecule has 1 heterocycles. The van der Waals surface area contributed by atoms with Gasteiger partial charge in [0.05, 0.1) is 0 Å². The lowest BCUT2D eigenvalue weighted by Crippen LogP contribution is -2.16. The zero-order valence-electron chi connectivity index (χ0n) is 14.8. The maximum absolute atomic E-state index is 12.6. The fraction of sp³-hybridized carbons (Fsp3) is 0.150. The van der Waals surface area contributed by atoms with Gasteiger partial charge in [-0.25, -0.2) is 9.97 Å². The fourth-order valence-corrected chi connectivity index (χ4v) is 2.75. The van der Waals surface area contributed by atoms with Gasteiger partial charge in [-0.1, -0.05) is 29.8 Å². The number of para-hydroxylation sites is 1. The Morgan fingerprint density at radius 2 is 1.69 bits per heavy atom. The first-order valence-corrected chi connectivity index (χ1v) is 8.56. The number of carbonyl (C=O) groups excluding carboxylic acids is 1. The lowest BCUT2D eigenvalue weighted by molar-refractivity contribution is 0.102. The molecule has 0 fully saturated rings. The van der Waals surface area contributed by atoms with Gasteiger partial charge in [0.1, 0.15) is 5.69 Å². The van der Waals surface area contributed by atoms with Crippen LogP contribution in [0.15, 0.2) is 48.5 Å². The molecule has 0 saturated heterocycles. The number of aromatic nitrogens is 2. The molecule has 0 aliphatic heterocycles. The first-order chi connectivity index (χ1) is 12.4. The number of rotatable bonds is 4. The summed E-state index contributed by atoms with van der Waals surface area (Å²) in [6.07, 6.45) is 0. The number of amides is 1. The highest BCUT2D eigenvalue weighted by Gasteiger charge is 2.12. The van der Waals surface area contributed by atoms with Gasteiger partial charge in [0.15, 0.2) is 0 Å². The van der Waals surface area contributed by atoms with Crippen molar-refractivity contribution in [1.29, 1.82) is 0 Å². The molecule has 1 aromatic heterocycles. The summed E-state index contributed by atoms with van der Waals surface area (Å²) in [5.41, 5.74) is 4.55. The number of nitrogens with zero attached hydrogens (tertiary/aromatic N) is 2. The number of hydrogen-bond donors (Lipinski definition) is 2. The molecule has 0 saturated carbocycles. The van der Waals surface area contributed by atoms with E-state index in [-0.39, 0.29) is 5.91 Å². The molecule has 0 aliphatic carbocycles. The standard InChI is InChI=1S/C20H19ClN4O/c1-12-6-4-5-7-16(12)23-19(26)18-11-14(3)22-20(25-18)24-17-9-8-15(21)10-13(17)2/h4-11H,1-3H3,(H,23,26)(H,22,24,25). The highest BCUT2D eigenvalue weighted by atomic mass is 35.5. The van der Waals surface area contributed by atoms with Crippen LogP contribution in [0.5, 0.6) is 0 Å². The Hall–Kier alpha value is -2.92. The summed E-state index contributed by atoms with van der Waals surface area (Å²) < 4.78 is 0. The third-order valence-corrected chi connectivity index (χ3v) is 4.15. The van der Waals surface area contributed by atoms with Crippen LogP contribution in [0, 0.1) is 20.8 Å². The van der Waals surface area contributed by atoms with Crippen molar-refractivity contribution in [2.24, 2.45) is 0 Å². The molecule has 0 bridgehead atoms. The first-order valence-electron chi connectivity index (χ1n) is 8.18. The number of halogens is 1. The molecule has 0 spiro atoms. The van der Waals surface area contributed by atoms with Crippen molar-refractivity contribution in [1.82, 2.24) is 9.97 Å². The maximum Gasteiger partial charge on any atom is 0.274 e. The first kappa shape index (κ1) is 17.9. The van der Waals surface area contributed by atoms with Gasteiger partial charge in [0, 0.05) is 22.1 Å². The second-order valence-corrected chi connectivity index (χ2v) is 6.51. The molecule has 6 heteroatoms. The largest absolute Gasteiger partial charge is 0.324 e. The number of benzene rings is 2. The Labute approximate surface area is 157 Å². The van der Waals surface area contributed by atoms with Crippen molar-refractivity contribution in [3.63, 3.8) is 0 Å². The normalized spacial score (nSPS) is 10.5. The summed E-state index contributed by atoms with van der Waals surface area (Å²) in [5, 5.41) is 6.70. The highest BCUT2D eigenvalue weighted by molar-refractivity contribution is 6.30. The molecule has 3 rings (SSSR count). The SMILES string of the molecule is Cc1cc(C(=O)Nc2ccccc2C)nc(Nc2ccc(Cl)cc2C)n1. The quantitative estimate of drug-likeness (QED) is 0.678. The lowest BCUT2D eigenvalue weighted by Gasteiger charge is -2.11. The topological polar surface area (TPSA) is 66.9 Å². The molecular weight excluding hydrogens is 348 g/mol. The molecule has 5 nitrogen and oxygen atoms in total. The molecule has 1 amide bonds. The van der Waals surface area contributed by atoms with Crippen molar-refractivity contribution in [2.45, 2.75) is 20.8 Å². The number of carbonyl (C=O) groups is 1. The molecule has 2 aromatic carbocycles. The van der Waals surface area contributed by atoms with Crippen LogP contribution in [-0.4, -0.2) is 15.9 Å². The van der Waals surface area contributed by atoms with Crippen LogP contribution in [0.2, 0.25) is 5.02 Å². The molecule has 0 radical (unpaired) electrons. The fourth-order valence-electron chi connectivity index (χ4n) is 2.53. The number of anilines is 3. The van der Waals surface area contributed by atoms with Crippen molar-refractivity contribution < 1.29 is 4.79 Å². The summed E-state index contributed by atoms with van der Waals surface area (Å²) >= 11 is 5.99. The predicted molar refractivity (Wildman–Crippen MR) is 105 cm³/mol. The summed E-state index contributed by atoms with van der Waals surface area (Å²) in [6.45, 7) is 5.71. The second-order valence-electron chi connectivity index (χ2n) is 6.07. The molecular formula is C20H19ClN4O. The molecule has 0 aliphatic rings. The van der Waals surface area contributed by atoms with Crippen LogP contribution >= 0.6 is 11.6 Å². The Bertz CT molecular complexity index is 972. The molecule has 2 N–H and O–H groups in total. The Morgan fingerprint density at radius 1 is 0.923 bits per heavy atom. The Balaban J connectivity index is 1.85. The van der Waals surface area contributed by atoms with Crippen molar-refractivity contribution in [2.75, 3.05) is 10.6 Å². The molecule has 0 unspecified atom stereocenters. The summed E-state index contributed by atoms with van der Waals surface area (Å²) in [4.78, 5) is 21.3. The molecule has 0 atom stereocenters. The minimum absolute atomic E-state index is 0.277. The van der Waals surface area contributed by atoms with Gasteiger partial charge in [-0.2, -0.15) is 0 Å². The smallest absolute Gasteiger partial charge is 0.274 e. The number of aryl methyl sites for hydroxylation is 3. The minimum atomic E-state index is -0.277. The summed E-state index contributed by atoms with van der Waals surface area (Å²) in [6, 6.07) is 14.8. The van der Waals surface area contributed by atoms with Gasteiger partial charge in [-0.3, -0.25) is 4.79 Å². The van der Waals surface area contributed by atoms with E-state index in [2.05, 4.69) is 20.6 Å². The third-order valence-electron chi connectivity index (χ3n) is 3.92. The van der Waals surface area contributed by atoms with Gasteiger partial charge in [-0.05, 0) is 62.2 Å². The van der Waals surface area contributed by atoms with Crippen LogP contribution in [0.25, 0.3) is 0 Å². The van der Waals surface area contributed by atoms with E-state index < -0.39 is 0 Å². The summed E-state index contributed by atoms with van der Waals surface area (Å²) in [5.74, 6) is 0.0889. The van der Waals surface area contributed by atoms with Crippen LogP contribution in [0.3, 0.4) is 0 Å². The molecule has 3 aromatic rings. The Morgan fingerprint density at radius 3 is 2.42 bits per heavy atom. The van der Waals surface area contributed by atoms with E-state index in [9.17, 15) is 4.79 Å². The molecule has 132 valence electrons. The van der Waals surface area contributed by atoms with Crippen molar-refractivity contribution in [3.05, 3.63) is 76.1 Å². The van der Waals surface area contributed by atoms with Gasteiger partial charge in [-0.15, -0.1) is 0 Å². The number of hydrogen-bond acceptors (Lipinski definition) is 4. The Kier molecular flexibility index (Phi) is 5.19. The van der Waals surface area contributed by atoms with Gasteiger partial charge in [0.25, 0.3) is 5.91 Å². The average molecular weight is 367 g/mol. The van der Waals surface area contributed by atoms with Gasteiger partial charge >= 0.3 is 0 Å². The van der Waals surface area contributed by atoms with E-state index in [1.54, 1.807) is 12.1 Å². The van der Waals surface area contributed by atoms with Crippen LogP contribution in [0.4, 0.5) is 17.3 Å². The predicted octanol–water partition coefficient (Wildman–Crippen LogP) is 5.05. The minimum Gasteiger partial charge on any atom is -0.324 e. The maximum atomic E-state index is 12.6. The van der Waals surface area contributed by atoms with E-state index in [0.29, 0.717) is 22.4 Å². The van der Waals surface area contributed by atoms with E-state index in [4.69, 9.17) is 11.6 Å². The van der Waals surface area contributed by atoms with Crippen molar-refractivity contribution >= 4 is 34.8 Å². The second kappa shape index (κ2) is 7.54. The van der Waals surface area contributed by atoms with Crippen LogP contribution in [0.1, 0.15) is 27.3 Å². The zero-order chi connectivity index (χ0) is 18.7. The monoisotopic (exact) mass is 366 g/mol. The van der Waals surface area contributed by atoms with Gasteiger partial charge in [0.2, 0.25) is 5.95 Å². The number of nitrogens with one attached hydrogen (secondary N) is 2. The van der Waals surface area contributed by atoms with Crippen LogP contribution in [-0.2, 0) is 0 Å². The van der Waals surface area contributed by atoms with E-state index in [1.807, 2.05) is 57.2 Å². The van der Waals surface area contributed by atoms with E-state index in [1.165, 1.54) is 0 Å². The lowest BCUT2D eigenvalue weighted by atomic mass is 10.2. The van der Waals surface area contributed by atoms with E-state index in [0.717, 1.165) is 22.5 Å². The molecule has 26 heavy (non-hydrogen) atoms. The average Bonchev–Trinajstić information content (AvgIpc) is 2.59. The van der Waals surface area contributed by atoms with Crippen molar-refractivity contribution in [3.8, 4) is 0 Å². The van der Waals surface area contributed by atoms with Gasteiger partial charge < -0.3 is 10.6 Å². The zero-order valence-corrected chi connectivity index (χ0v) is 15.6.